The molecule has 3 nitrogen and oxygen atoms in total. The molecule has 1 aliphatic heterocycles. The van der Waals surface area contributed by atoms with Crippen LogP contribution >= 0.6 is 0 Å². The summed E-state index contributed by atoms with van der Waals surface area (Å²) in [5, 5.41) is 2.99. The molecule has 1 saturated heterocycles. The summed E-state index contributed by atoms with van der Waals surface area (Å²) in [5.41, 5.74) is 5.91. The maximum atomic E-state index is 13.4. The van der Waals surface area contributed by atoms with Crippen LogP contribution in [-0.4, -0.2) is 31.9 Å². The van der Waals surface area contributed by atoms with Gasteiger partial charge in [-0.15, -0.1) is 0 Å². The van der Waals surface area contributed by atoms with Crippen molar-refractivity contribution in [1.82, 2.24) is 5.32 Å². The summed E-state index contributed by atoms with van der Waals surface area (Å²) < 4.78 is 18.9. The molecule has 0 radical (unpaired) electrons. The molecule has 1 fully saturated rings. The standard InChI is InChI=1S/C12H17FN2O/c13-11-7-15-6-10(11)12(14)8-16-9-4-2-1-3-5-9/h1-5,10-12,15H,6-8,14H2/t10-,11+,12-/m0/s1. The fraction of sp³-hybridized carbons (Fsp3) is 0.500. The second kappa shape index (κ2) is 5.27. The van der Waals surface area contributed by atoms with E-state index in [2.05, 4.69) is 5.32 Å². The van der Waals surface area contributed by atoms with E-state index in [4.69, 9.17) is 10.5 Å². The number of benzene rings is 1. The zero-order valence-electron chi connectivity index (χ0n) is 9.10. The van der Waals surface area contributed by atoms with Crippen molar-refractivity contribution in [2.75, 3.05) is 19.7 Å². The van der Waals surface area contributed by atoms with Gasteiger partial charge < -0.3 is 15.8 Å². The van der Waals surface area contributed by atoms with Crippen LogP contribution in [0.1, 0.15) is 0 Å². The van der Waals surface area contributed by atoms with E-state index < -0.39 is 6.17 Å². The van der Waals surface area contributed by atoms with Gasteiger partial charge in [0.05, 0.1) is 0 Å². The van der Waals surface area contributed by atoms with Gasteiger partial charge in [-0.2, -0.15) is 0 Å². The molecule has 0 amide bonds. The molecular weight excluding hydrogens is 207 g/mol. The second-order valence-corrected chi connectivity index (χ2v) is 4.13. The van der Waals surface area contributed by atoms with E-state index in [1.807, 2.05) is 30.3 Å². The smallest absolute Gasteiger partial charge is 0.119 e. The fourth-order valence-corrected chi connectivity index (χ4v) is 1.92. The molecule has 1 aromatic rings. The van der Waals surface area contributed by atoms with Crippen molar-refractivity contribution in [1.29, 1.82) is 0 Å². The predicted molar refractivity (Wildman–Crippen MR) is 61.2 cm³/mol. The molecule has 16 heavy (non-hydrogen) atoms. The molecule has 0 bridgehead atoms. The maximum Gasteiger partial charge on any atom is 0.119 e. The Bertz CT molecular complexity index is 320. The molecule has 4 heteroatoms. The second-order valence-electron chi connectivity index (χ2n) is 4.13. The summed E-state index contributed by atoms with van der Waals surface area (Å²) in [6.07, 6.45) is -0.852. The molecule has 3 N–H and O–H groups in total. The first-order valence-corrected chi connectivity index (χ1v) is 5.55. The lowest BCUT2D eigenvalue weighted by Gasteiger charge is -2.20. The summed E-state index contributed by atoms with van der Waals surface area (Å²) in [4.78, 5) is 0. The molecule has 2 rings (SSSR count). The summed E-state index contributed by atoms with van der Waals surface area (Å²) in [5.74, 6) is 0.642. The number of nitrogens with one attached hydrogen (secondary N) is 1. The summed E-state index contributed by atoms with van der Waals surface area (Å²) >= 11 is 0. The largest absolute Gasteiger partial charge is 0.492 e. The summed E-state index contributed by atoms with van der Waals surface area (Å²) in [7, 11) is 0. The zero-order valence-corrected chi connectivity index (χ0v) is 9.10. The van der Waals surface area contributed by atoms with Gasteiger partial charge in [-0.3, -0.25) is 0 Å². The van der Waals surface area contributed by atoms with Gasteiger partial charge in [-0.1, -0.05) is 18.2 Å². The van der Waals surface area contributed by atoms with Crippen molar-refractivity contribution in [3.63, 3.8) is 0 Å². The Kier molecular flexibility index (Phi) is 3.74. The lowest BCUT2D eigenvalue weighted by molar-refractivity contribution is 0.196. The Morgan fingerprint density at radius 3 is 2.75 bits per heavy atom. The Morgan fingerprint density at radius 2 is 2.12 bits per heavy atom. The highest BCUT2D eigenvalue weighted by molar-refractivity contribution is 5.20. The van der Waals surface area contributed by atoms with Gasteiger partial charge in [-0.05, 0) is 12.1 Å². The Balaban J connectivity index is 1.81. The van der Waals surface area contributed by atoms with Gasteiger partial charge in [0.1, 0.15) is 18.5 Å². The molecule has 0 unspecified atom stereocenters. The van der Waals surface area contributed by atoms with Crippen molar-refractivity contribution in [3.8, 4) is 5.75 Å². The minimum Gasteiger partial charge on any atom is -0.492 e. The highest BCUT2D eigenvalue weighted by Crippen LogP contribution is 2.17. The van der Waals surface area contributed by atoms with E-state index in [-0.39, 0.29) is 12.0 Å². The topological polar surface area (TPSA) is 47.3 Å². The van der Waals surface area contributed by atoms with Gasteiger partial charge in [0.15, 0.2) is 0 Å². The maximum absolute atomic E-state index is 13.4. The van der Waals surface area contributed by atoms with Crippen molar-refractivity contribution < 1.29 is 9.13 Å². The first-order valence-electron chi connectivity index (χ1n) is 5.55. The molecule has 3 atom stereocenters. The Labute approximate surface area is 94.8 Å². The number of para-hydroxylation sites is 1. The van der Waals surface area contributed by atoms with Crippen molar-refractivity contribution in [2.45, 2.75) is 12.2 Å². The Hall–Kier alpha value is -1.13. The number of halogens is 1. The van der Waals surface area contributed by atoms with Crippen LogP contribution < -0.4 is 15.8 Å². The highest BCUT2D eigenvalue weighted by Gasteiger charge is 2.32. The van der Waals surface area contributed by atoms with Gasteiger partial charge >= 0.3 is 0 Å². The van der Waals surface area contributed by atoms with Gasteiger partial charge in [0, 0.05) is 25.0 Å². The lowest BCUT2D eigenvalue weighted by Crippen LogP contribution is -2.40. The monoisotopic (exact) mass is 224 g/mol. The predicted octanol–water partition coefficient (Wildman–Crippen LogP) is 0.950. The third kappa shape index (κ3) is 2.71. The molecule has 1 aromatic carbocycles. The number of hydrogen-bond acceptors (Lipinski definition) is 3. The Morgan fingerprint density at radius 1 is 1.38 bits per heavy atom. The van der Waals surface area contributed by atoms with Crippen molar-refractivity contribution in [2.24, 2.45) is 11.7 Å². The average molecular weight is 224 g/mol. The van der Waals surface area contributed by atoms with Crippen LogP contribution in [0.2, 0.25) is 0 Å². The SMILES string of the molecule is N[C@@H](COc1ccccc1)[C@H]1CNC[C@H]1F. The lowest BCUT2D eigenvalue weighted by atomic mass is 9.99. The van der Waals surface area contributed by atoms with Crippen LogP contribution in [0.3, 0.4) is 0 Å². The van der Waals surface area contributed by atoms with Crippen molar-refractivity contribution in [3.05, 3.63) is 30.3 Å². The van der Waals surface area contributed by atoms with E-state index in [1.54, 1.807) is 0 Å². The molecule has 0 aromatic heterocycles. The third-order valence-electron chi connectivity index (χ3n) is 2.92. The molecule has 1 heterocycles. The fourth-order valence-electron chi connectivity index (χ4n) is 1.92. The molecule has 0 saturated carbocycles. The molecule has 88 valence electrons. The van der Waals surface area contributed by atoms with Crippen molar-refractivity contribution >= 4 is 0 Å². The quantitative estimate of drug-likeness (QED) is 0.800. The number of hydrogen-bond donors (Lipinski definition) is 2. The molecule has 0 aliphatic carbocycles. The molecular formula is C12H17FN2O. The van der Waals surface area contributed by atoms with Crippen LogP contribution in [0.4, 0.5) is 4.39 Å². The third-order valence-corrected chi connectivity index (χ3v) is 2.92. The van der Waals surface area contributed by atoms with Crippen LogP contribution in [0.15, 0.2) is 30.3 Å². The first-order chi connectivity index (χ1) is 7.77. The highest BCUT2D eigenvalue weighted by atomic mass is 19.1. The van der Waals surface area contributed by atoms with Crippen LogP contribution in [0, 0.1) is 5.92 Å². The zero-order chi connectivity index (χ0) is 11.4. The minimum atomic E-state index is -0.852. The first kappa shape index (κ1) is 11.4. The van der Waals surface area contributed by atoms with Crippen LogP contribution in [0.25, 0.3) is 0 Å². The number of ether oxygens (including phenoxy) is 1. The normalized spacial score (nSPS) is 26.6. The molecule has 0 spiro atoms. The van der Waals surface area contributed by atoms with E-state index in [9.17, 15) is 4.39 Å². The summed E-state index contributed by atoms with van der Waals surface area (Å²) in [6.45, 7) is 1.40. The molecule has 1 aliphatic rings. The minimum absolute atomic E-state index is 0.135. The number of rotatable bonds is 4. The van der Waals surface area contributed by atoms with Gasteiger partial charge in [0.25, 0.3) is 0 Å². The van der Waals surface area contributed by atoms with Gasteiger partial charge in [-0.25, -0.2) is 4.39 Å². The summed E-state index contributed by atoms with van der Waals surface area (Å²) in [6, 6.07) is 9.20. The average Bonchev–Trinajstić information content (AvgIpc) is 2.74. The van der Waals surface area contributed by atoms with E-state index >= 15 is 0 Å². The van der Waals surface area contributed by atoms with E-state index in [0.717, 1.165) is 5.75 Å². The number of alkyl halides is 1. The van der Waals surface area contributed by atoms with Crippen LogP contribution in [0.5, 0.6) is 5.75 Å². The number of nitrogens with two attached hydrogens (primary N) is 1. The van der Waals surface area contributed by atoms with Crippen LogP contribution in [-0.2, 0) is 0 Å². The van der Waals surface area contributed by atoms with Gasteiger partial charge in [0.2, 0.25) is 0 Å². The van der Waals surface area contributed by atoms with E-state index in [0.29, 0.717) is 19.7 Å². The van der Waals surface area contributed by atoms with E-state index in [1.165, 1.54) is 0 Å².